The molecule has 0 atom stereocenters. The van der Waals surface area contributed by atoms with Crippen molar-refractivity contribution in [3.8, 4) is 0 Å². The zero-order valence-corrected chi connectivity index (χ0v) is 6.23. The number of aromatic nitrogens is 1. The zero-order chi connectivity index (χ0) is 7.28. The minimum Gasteiger partial charge on any atom is -0.385 e. The second kappa shape index (κ2) is 4.01. The van der Waals surface area contributed by atoms with Crippen molar-refractivity contribution in [1.82, 2.24) is 4.98 Å². The third-order valence-electron chi connectivity index (χ3n) is 0.850. The summed E-state index contributed by atoms with van der Waals surface area (Å²) in [6.45, 7) is 5.99. The molecule has 1 heterocycles. The van der Waals surface area contributed by atoms with Crippen molar-refractivity contribution < 1.29 is 0 Å². The van der Waals surface area contributed by atoms with Crippen LogP contribution in [0.1, 0.15) is 19.4 Å². The average Bonchev–Trinajstić information content (AvgIpc) is 2.20. The van der Waals surface area contributed by atoms with Gasteiger partial charge in [-0.25, -0.2) is 0 Å². The van der Waals surface area contributed by atoms with Crippen LogP contribution < -0.4 is 5.73 Å². The van der Waals surface area contributed by atoms with E-state index >= 15 is 0 Å². The van der Waals surface area contributed by atoms with Gasteiger partial charge in [-0.05, 0) is 18.6 Å². The first-order valence-electron chi connectivity index (χ1n) is 3.19. The fourth-order valence-corrected chi connectivity index (χ4v) is 0.526. The van der Waals surface area contributed by atoms with Crippen molar-refractivity contribution >= 4 is 5.82 Å². The maximum Gasteiger partial charge on any atom is 0.100 e. The number of hydrogen-bond donors (Lipinski definition) is 2. The molecule has 1 rings (SSSR count). The van der Waals surface area contributed by atoms with Gasteiger partial charge in [0.2, 0.25) is 0 Å². The van der Waals surface area contributed by atoms with Gasteiger partial charge in [-0.15, -0.1) is 0 Å². The van der Waals surface area contributed by atoms with Crippen LogP contribution in [-0.2, 0) is 0 Å². The fraction of sp³-hybridized carbons (Fsp3) is 0.429. The van der Waals surface area contributed by atoms with Crippen LogP contribution in [0.4, 0.5) is 5.82 Å². The van der Waals surface area contributed by atoms with E-state index in [-0.39, 0.29) is 0 Å². The van der Waals surface area contributed by atoms with Gasteiger partial charge in [0.1, 0.15) is 5.82 Å². The molecule has 0 aliphatic rings. The second-order valence-corrected chi connectivity index (χ2v) is 1.63. The molecule has 1 aromatic heterocycles. The highest BCUT2D eigenvalue weighted by atomic mass is 14.8. The number of anilines is 1. The Labute approximate surface area is 56.1 Å². The molecule has 0 radical (unpaired) electrons. The van der Waals surface area contributed by atoms with E-state index < -0.39 is 0 Å². The zero-order valence-electron chi connectivity index (χ0n) is 6.23. The number of nitrogen functional groups attached to an aromatic ring is 1. The van der Waals surface area contributed by atoms with E-state index in [9.17, 15) is 0 Å². The molecule has 0 aromatic carbocycles. The summed E-state index contributed by atoms with van der Waals surface area (Å²) in [7, 11) is 0. The number of H-pyrrole nitrogens is 1. The number of nitrogens with one attached hydrogen (secondary N) is 1. The van der Waals surface area contributed by atoms with Crippen molar-refractivity contribution in [2.45, 2.75) is 20.8 Å². The van der Waals surface area contributed by atoms with Gasteiger partial charge in [-0.1, -0.05) is 13.8 Å². The van der Waals surface area contributed by atoms with Gasteiger partial charge in [0.05, 0.1) is 0 Å². The van der Waals surface area contributed by atoms with Gasteiger partial charge in [-0.2, -0.15) is 0 Å². The van der Waals surface area contributed by atoms with E-state index in [1.54, 1.807) is 0 Å². The molecule has 0 saturated carbocycles. The molecule has 0 spiro atoms. The maximum atomic E-state index is 5.32. The standard InChI is InChI=1S/C5H8N2.C2H6/c1-4-2-5(6)7-3-4;1-2/h2-3,7H,6H2,1H3;1-2H3. The topological polar surface area (TPSA) is 41.8 Å². The number of rotatable bonds is 0. The van der Waals surface area contributed by atoms with Crippen molar-refractivity contribution in [2.24, 2.45) is 0 Å². The summed E-state index contributed by atoms with van der Waals surface area (Å²) in [6.07, 6.45) is 1.87. The SMILES string of the molecule is CC.Cc1c[nH]c(N)c1. The van der Waals surface area contributed by atoms with Gasteiger partial charge in [-0.3, -0.25) is 0 Å². The Morgan fingerprint density at radius 2 is 2.00 bits per heavy atom. The molecule has 9 heavy (non-hydrogen) atoms. The molecule has 0 saturated heterocycles. The Morgan fingerprint density at radius 1 is 1.44 bits per heavy atom. The molecule has 0 bridgehead atoms. The van der Waals surface area contributed by atoms with E-state index in [0.29, 0.717) is 0 Å². The average molecular weight is 126 g/mol. The Balaban J connectivity index is 0.000000291. The lowest BCUT2D eigenvalue weighted by Crippen LogP contribution is -1.79. The summed E-state index contributed by atoms with van der Waals surface area (Å²) in [5.74, 6) is 0.734. The Hall–Kier alpha value is -0.920. The highest BCUT2D eigenvalue weighted by molar-refractivity contribution is 5.32. The molecule has 0 unspecified atom stereocenters. The predicted molar refractivity (Wildman–Crippen MR) is 41.3 cm³/mol. The lowest BCUT2D eigenvalue weighted by atomic mass is 10.4. The van der Waals surface area contributed by atoms with Gasteiger partial charge in [0.15, 0.2) is 0 Å². The first kappa shape index (κ1) is 8.08. The number of hydrogen-bond acceptors (Lipinski definition) is 1. The van der Waals surface area contributed by atoms with Crippen molar-refractivity contribution in [1.29, 1.82) is 0 Å². The monoisotopic (exact) mass is 126 g/mol. The number of nitrogens with two attached hydrogens (primary N) is 1. The quantitative estimate of drug-likeness (QED) is 0.548. The van der Waals surface area contributed by atoms with Crippen LogP contribution in [-0.4, -0.2) is 4.98 Å². The van der Waals surface area contributed by atoms with Crippen LogP contribution in [0.3, 0.4) is 0 Å². The fourth-order valence-electron chi connectivity index (χ4n) is 0.526. The van der Waals surface area contributed by atoms with E-state index in [1.165, 1.54) is 5.56 Å². The Bertz CT molecular complexity index is 139. The van der Waals surface area contributed by atoms with Crippen molar-refractivity contribution in [2.75, 3.05) is 5.73 Å². The second-order valence-electron chi connectivity index (χ2n) is 1.63. The largest absolute Gasteiger partial charge is 0.385 e. The summed E-state index contributed by atoms with van der Waals surface area (Å²) < 4.78 is 0. The van der Waals surface area contributed by atoms with Crippen molar-refractivity contribution in [3.05, 3.63) is 17.8 Å². The molecule has 2 nitrogen and oxygen atoms in total. The summed E-state index contributed by atoms with van der Waals surface area (Å²) >= 11 is 0. The smallest absolute Gasteiger partial charge is 0.100 e. The van der Waals surface area contributed by atoms with Crippen LogP contribution in [0.5, 0.6) is 0 Å². The van der Waals surface area contributed by atoms with Gasteiger partial charge in [0.25, 0.3) is 0 Å². The van der Waals surface area contributed by atoms with E-state index in [4.69, 9.17) is 5.73 Å². The third-order valence-corrected chi connectivity index (χ3v) is 0.850. The predicted octanol–water partition coefficient (Wildman–Crippen LogP) is 1.93. The van der Waals surface area contributed by atoms with Gasteiger partial charge in [0, 0.05) is 6.20 Å². The van der Waals surface area contributed by atoms with Crippen LogP contribution in [0, 0.1) is 6.92 Å². The highest BCUT2D eigenvalue weighted by Crippen LogP contribution is 2.00. The normalized spacial score (nSPS) is 7.89. The summed E-state index contributed by atoms with van der Waals surface area (Å²) in [5.41, 5.74) is 6.50. The minimum atomic E-state index is 0.734. The molecule has 52 valence electrons. The highest BCUT2D eigenvalue weighted by Gasteiger charge is 1.83. The molecule has 2 heteroatoms. The summed E-state index contributed by atoms with van der Waals surface area (Å²) in [6, 6.07) is 1.89. The van der Waals surface area contributed by atoms with Gasteiger partial charge < -0.3 is 10.7 Å². The van der Waals surface area contributed by atoms with E-state index in [1.807, 2.05) is 33.0 Å². The molecule has 0 aliphatic heterocycles. The van der Waals surface area contributed by atoms with Crippen LogP contribution >= 0.6 is 0 Å². The van der Waals surface area contributed by atoms with Crippen LogP contribution in [0.25, 0.3) is 0 Å². The molecule has 0 amide bonds. The molecule has 0 aliphatic carbocycles. The number of aromatic amines is 1. The minimum absolute atomic E-state index is 0.734. The van der Waals surface area contributed by atoms with Gasteiger partial charge >= 0.3 is 0 Å². The van der Waals surface area contributed by atoms with Crippen LogP contribution in [0.2, 0.25) is 0 Å². The first-order valence-corrected chi connectivity index (χ1v) is 3.19. The molecule has 3 N–H and O–H groups in total. The summed E-state index contributed by atoms with van der Waals surface area (Å²) in [4.78, 5) is 2.85. The van der Waals surface area contributed by atoms with Crippen LogP contribution in [0.15, 0.2) is 12.3 Å². The molecule has 0 fully saturated rings. The summed E-state index contributed by atoms with van der Waals surface area (Å²) in [5, 5.41) is 0. The lowest BCUT2D eigenvalue weighted by molar-refractivity contribution is 1.39. The molecular weight excluding hydrogens is 112 g/mol. The van der Waals surface area contributed by atoms with Crippen molar-refractivity contribution in [3.63, 3.8) is 0 Å². The van der Waals surface area contributed by atoms with E-state index in [0.717, 1.165) is 5.82 Å². The molecule has 1 aromatic rings. The molecular formula is C7H14N2. The lowest BCUT2D eigenvalue weighted by Gasteiger charge is -1.73. The van der Waals surface area contributed by atoms with E-state index in [2.05, 4.69) is 4.98 Å². The Kier molecular flexibility index (Phi) is 3.60. The third kappa shape index (κ3) is 2.80. The maximum absolute atomic E-state index is 5.32. The Morgan fingerprint density at radius 3 is 2.11 bits per heavy atom. The number of aryl methyl sites for hydroxylation is 1. The first-order chi connectivity index (χ1) is 4.29.